The summed E-state index contributed by atoms with van der Waals surface area (Å²) in [5, 5.41) is 2.29. The average molecular weight is 205 g/mol. The quantitative estimate of drug-likeness (QED) is 0.728. The first kappa shape index (κ1) is 10.3. The highest BCUT2D eigenvalue weighted by atomic mass is 15.5. The highest BCUT2D eigenvalue weighted by Gasteiger charge is 2.10. The third-order valence-electron chi connectivity index (χ3n) is 2.89. The Labute approximate surface area is 91.2 Å². The second kappa shape index (κ2) is 4.53. The number of piperidine rings is 1. The molecule has 0 aromatic heterocycles. The average Bonchev–Trinajstić information content (AvgIpc) is 2.24. The number of nitrogens with two attached hydrogens (primary N) is 1. The molecular weight excluding hydrogens is 186 g/mol. The van der Waals surface area contributed by atoms with Crippen molar-refractivity contribution in [2.75, 3.05) is 24.2 Å². The van der Waals surface area contributed by atoms with Crippen molar-refractivity contribution in [1.29, 1.82) is 0 Å². The molecular formula is C12H19N3. The number of nitrogens with one attached hydrogen (secondary N) is 1. The summed E-state index contributed by atoms with van der Waals surface area (Å²) in [6.45, 7) is 4.37. The number of hydrazine groups is 1. The van der Waals surface area contributed by atoms with Crippen molar-refractivity contribution in [3.05, 3.63) is 23.8 Å². The zero-order chi connectivity index (χ0) is 10.7. The van der Waals surface area contributed by atoms with Crippen LogP contribution in [0.1, 0.15) is 24.8 Å². The number of nitrogens with zero attached hydrogens (tertiary/aromatic N) is 1. The Morgan fingerprint density at radius 1 is 1.20 bits per heavy atom. The summed E-state index contributed by atoms with van der Waals surface area (Å²) in [7, 11) is 0. The molecule has 1 saturated heterocycles. The second-order valence-electron chi connectivity index (χ2n) is 4.23. The first-order valence-electron chi connectivity index (χ1n) is 5.63. The van der Waals surface area contributed by atoms with Crippen LogP contribution in [0.3, 0.4) is 0 Å². The van der Waals surface area contributed by atoms with E-state index in [1.807, 2.05) is 12.1 Å². The molecule has 1 aliphatic rings. The third-order valence-corrected chi connectivity index (χ3v) is 2.89. The van der Waals surface area contributed by atoms with Crippen molar-refractivity contribution in [3.63, 3.8) is 0 Å². The van der Waals surface area contributed by atoms with Gasteiger partial charge < -0.3 is 11.2 Å². The van der Waals surface area contributed by atoms with E-state index in [-0.39, 0.29) is 0 Å². The largest absolute Gasteiger partial charge is 0.399 e. The van der Waals surface area contributed by atoms with E-state index in [2.05, 4.69) is 23.4 Å². The first-order chi connectivity index (χ1) is 7.25. The monoisotopic (exact) mass is 205 g/mol. The molecule has 0 atom stereocenters. The molecule has 0 aliphatic carbocycles. The van der Waals surface area contributed by atoms with Crippen LogP contribution in [0.2, 0.25) is 0 Å². The van der Waals surface area contributed by atoms with E-state index in [0.717, 1.165) is 18.8 Å². The maximum Gasteiger partial charge on any atom is 0.0520 e. The van der Waals surface area contributed by atoms with Crippen molar-refractivity contribution >= 4 is 11.4 Å². The summed E-state index contributed by atoms with van der Waals surface area (Å²) in [5.41, 5.74) is 12.4. The lowest BCUT2D eigenvalue weighted by Gasteiger charge is -2.28. The minimum absolute atomic E-state index is 0.830. The van der Waals surface area contributed by atoms with Crippen LogP contribution in [-0.2, 0) is 0 Å². The summed E-state index contributed by atoms with van der Waals surface area (Å²) >= 11 is 0. The Balaban J connectivity index is 2.03. The molecule has 1 heterocycles. The lowest BCUT2D eigenvalue weighted by Crippen LogP contribution is -2.35. The number of anilines is 2. The fraction of sp³-hybridized carbons (Fsp3) is 0.500. The van der Waals surface area contributed by atoms with Gasteiger partial charge in [0.15, 0.2) is 0 Å². The predicted octanol–water partition coefficient (Wildman–Crippen LogP) is 2.39. The van der Waals surface area contributed by atoms with E-state index in [4.69, 9.17) is 5.73 Å². The van der Waals surface area contributed by atoms with Gasteiger partial charge in [-0.25, -0.2) is 5.01 Å². The summed E-state index contributed by atoms with van der Waals surface area (Å²) in [4.78, 5) is 0. The maximum absolute atomic E-state index is 5.72. The van der Waals surface area contributed by atoms with Crippen LogP contribution in [0, 0.1) is 6.92 Å². The van der Waals surface area contributed by atoms with Gasteiger partial charge in [0.1, 0.15) is 0 Å². The zero-order valence-electron chi connectivity index (χ0n) is 9.29. The minimum Gasteiger partial charge on any atom is -0.399 e. The number of benzene rings is 1. The summed E-state index contributed by atoms with van der Waals surface area (Å²) in [6.07, 6.45) is 3.95. The van der Waals surface area contributed by atoms with E-state index >= 15 is 0 Å². The summed E-state index contributed by atoms with van der Waals surface area (Å²) < 4.78 is 0. The van der Waals surface area contributed by atoms with Gasteiger partial charge in [-0.05, 0) is 43.5 Å². The molecule has 0 amide bonds. The molecule has 1 aliphatic heterocycles. The fourth-order valence-corrected chi connectivity index (χ4v) is 1.99. The number of aryl methyl sites for hydroxylation is 1. The SMILES string of the molecule is Cc1cc(N)ccc1NN1CCCCC1. The molecule has 2 rings (SSSR count). The van der Waals surface area contributed by atoms with Crippen LogP contribution in [0.15, 0.2) is 18.2 Å². The molecule has 3 N–H and O–H groups in total. The van der Waals surface area contributed by atoms with Crippen LogP contribution in [0.5, 0.6) is 0 Å². The molecule has 0 bridgehead atoms. The zero-order valence-corrected chi connectivity index (χ0v) is 9.29. The van der Waals surface area contributed by atoms with Gasteiger partial charge in [-0.2, -0.15) is 0 Å². The summed E-state index contributed by atoms with van der Waals surface area (Å²) in [6, 6.07) is 6.00. The van der Waals surface area contributed by atoms with Gasteiger partial charge in [-0.1, -0.05) is 6.42 Å². The van der Waals surface area contributed by atoms with Crippen molar-refractivity contribution < 1.29 is 0 Å². The van der Waals surface area contributed by atoms with Gasteiger partial charge in [0.05, 0.1) is 5.69 Å². The van der Waals surface area contributed by atoms with Gasteiger partial charge in [-0.3, -0.25) is 0 Å². The van der Waals surface area contributed by atoms with E-state index in [9.17, 15) is 0 Å². The van der Waals surface area contributed by atoms with Crippen LogP contribution >= 0.6 is 0 Å². The number of hydrogen-bond acceptors (Lipinski definition) is 3. The molecule has 0 saturated carbocycles. The third kappa shape index (κ3) is 2.63. The molecule has 1 aromatic rings. The van der Waals surface area contributed by atoms with Gasteiger partial charge in [0, 0.05) is 18.8 Å². The van der Waals surface area contributed by atoms with Gasteiger partial charge in [0.2, 0.25) is 0 Å². The first-order valence-corrected chi connectivity index (χ1v) is 5.63. The molecule has 1 fully saturated rings. The van der Waals surface area contributed by atoms with Crippen LogP contribution < -0.4 is 11.2 Å². The number of rotatable bonds is 2. The molecule has 15 heavy (non-hydrogen) atoms. The van der Waals surface area contributed by atoms with Crippen LogP contribution in [0.25, 0.3) is 0 Å². The van der Waals surface area contributed by atoms with E-state index in [1.54, 1.807) is 0 Å². The lowest BCUT2D eigenvalue weighted by molar-refractivity contribution is 0.273. The Morgan fingerprint density at radius 3 is 2.60 bits per heavy atom. The van der Waals surface area contributed by atoms with Crippen molar-refractivity contribution in [2.24, 2.45) is 0 Å². The molecule has 0 radical (unpaired) electrons. The van der Waals surface area contributed by atoms with Gasteiger partial charge in [0.25, 0.3) is 0 Å². The Kier molecular flexibility index (Phi) is 3.11. The molecule has 0 spiro atoms. The molecule has 3 heteroatoms. The van der Waals surface area contributed by atoms with Crippen molar-refractivity contribution in [3.8, 4) is 0 Å². The smallest absolute Gasteiger partial charge is 0.0520 e. The minimum atomic E-state index is 0.830. The Morgan fingerprint density at radius 2 is 1.93 bits per heavy atom. The van der Waals surface area contributed by atoms with Crippen molar-refractivity contribution in [1.82, 2.24) is 5.01 Å². The van der Waals surface area contributed by atoms with E-state index < -0.39 is 0 Å². The van der Waals surface area contributed by atoms with Crippen molar-refractivity contribution in [2.45, 2.75) is 26.2 Å². The van der Waals surface area contributed by atoms with Gasteiger partial charge >= 0.3 is 0 Å². The van der Waals surface area contributed by atoms with Crippen LogP contribution in [-0.4, -0.2) is 18.1 Å². The molecule has 82 valence electrons. The van der Waals surface area contributed by atoms with E-state index in [0.29, 0.717) is 0 Å². The van der Waals surface area contributed by atoms with E-state index in [1.165, 1.54) is 30.5 Å². The Bertz CT molecular complexity index is 330. The molecule has 0 unspecified atom stereocenters. The van der Waals surface area contributed by atoms with Crippen LogP contribution in [0.4, 0.5) is 11.4 Å². The maximum atomic E-state index is 5.72. The normalized spacial score (nSPS) is 17.7. The Hall–Kier alpha value is -1.22. The topological polar surface area (TPSA) is 41.3 Å². The summed E-state index contributed by atoms with van der Waals surface area (Å²) in [5.74, 6) is 0. The lowest BCUT2D eigenvalue weighted by atomic mass is 10.1. The predicted molar refractivity (Wildman–Crippen MR) is 64.6 cm³/mol. The van der Waals surface area contributed by atoms with Gasteiger partial charge in [-0.15, -0.1) is 0 Å². The standard InChI is InChI=1S/C12H19N3/c1-10-9-11(13)5-6-12(10)14-15-7-3-2-4-8-15/h5-6,9,14H,2-4,7-8,13H2,1H3. The number of hydrogen-bond donors (Lipinski definition) is 2. The highest BCUT2D eigenvalue weighted by Crippen LogP contribution is 2.19. The molecule has 1 aromatic carbocycles. The second-order valence-corrected chi connectivity index (χ2v) is 4.23. The molecule has 3 nitrogen and oxygen atoms in total. The highest BCUT2D eigenvalue weighted by molar-refractivity contribution is 5.56. The fourth-order valence-electron chi connectivity index (χ4n) is 1.99. The number of nitrogen functional groups attached to an aromatic ring is 1.